The van der Waals surface area contributed by atoms with Gasteiger partial charge in [-0.1, -0.05) is 12.1 Å². The van der Waals surface area contributed by atoms with Crippen LogP contribution < -0.4 is 4.74 Å². The van der Waals surface area contributed by atoms with Crippen LogP contribution in [0.15, 0.2) is 24.3 Å². The molecule has 1 amide bonds. The first-order chi connectivity index (χ1) is 10.5. The monoisotopic (exact) mass is 307 g/mol. The summed E-state index contributed by atoms with van der Waals surface area (Å²) in [7, 11) is 1.59. The fraction of sp³-hybridized carbons (Fsp3) is 0.500. The molecule has 22 heavy (non-hydrogen) atoms. The van der Waals surface area contributed by atoms with Gasteiger partial charge in [-0.2, -0.15) is 0 Å². The zero-order chi connectivity index (χ0) is 16.1. The Kier molecular flexibility index (Phi) is 5.38. The predicted octanol–water partition coefficient (Wildman–Crippen LogP) is 1.11. The third-order valence-electron chi connectivity index (χ3n) is 3.74. The highest BCUT2D eigenvalue weighted by molar-refractivity contribution is 5.81. The Bertz CT molecular complexity index is 528. The van der Waals surface area contributed by atoms with Crippen LogP contribution in [0.1, 0.15) is 25.3 Å². The molecule has 6 heteroatoms. The molecule has 0 radical (unpaired) electrons. The number of likely N-dealkylation sites (tertiary alicyclic amines) is 1. The molecule has 1 aliphatic rings. The van der Waals surface area contributed by atoms with Gasteiger partial charge < -0.3 is 19.5 Å². The molecule has 0 unspecified atom stereocenters. The van der Waals surface area contributed by atoms with Gasteiger partial charge in [0.15, 0.2) is 0 Å². The Balaban J connectivity index is 2.07. The lowest BCUT2D eigenvalue weighted by atomic mass is 10.1. The zero-order valence-electron chi connectivity index (χ0n) is 12.8. The van der Waals surface area contributed by atoms with Crippen LogP contribution in [0.4, 0.5) is 0 Å². The van der Waals surface area contributed by atoms with Gasteiger partial charge in [0.2, 0.25) is 5.91 Å². The van der Waals surface area contributed by atoms with Crippen molar-refractivity contribution in [2.24, 2.45) is 0 Å². The van der Waals surface area contributed by atoms with Crippen molar-refractivity contribution in [3.63, 3.8) is 0 Å². The molecule has 2 rings (SSSR count). The summed E-state index contributed by atoms with van der Waals surface area (Å²) >= 11 is 0. The van der Waals surface area contributed by atoms with E-state index >= 15 is 0 Å². The molecule has 1 aliphatic heterocycles. The number of nitrogens with zero attached hydrogens (tertiary/aromatic N) is 1. The number of hydrogen-bond acceptors (Lipinski definition) is 5. The van der Waals surface area contributed by atoms with E-state index in [-0.39, 0.29) is 25.4 Å². The molecule has 120 valence electrons. The van der Waals surface area contributed by atoms with Crippen molar-refractivity contribution >= 4 is 11.9 Å². The number of amides is 1. The van der Waals surface area contributed by atoms with Gasteiger partial charge in [0.25, 0.3) is 0 Å². The van der Waals surface area contributed by atoms with E-state index in [1.54, 1.807) is 18.9 Å². The second kappa shape index (κ2) is 7.26. The molecule has 1 heterocycles. The highest BCUT2D eigenvalue weighted by Gasteiger charge is 2.40. The molecule has 6 nitrogen and oxygen atoms in total. The molecule has 0 saturated carbocycles. The Morgan fingerprint density at radius 2 is 2.05 bits per heavy atom. The molecular formula is C16H21NO5. The molecule has 1 saturated heterocycles. The van der Waals surface area contributed by atoms with Crippen molar-refractivity contribution < 1.29 is 24.2 Å². The van der Waals surface area contributed by atoms with Gasteiger partial charge in [0, 0.05) is 6.54 Å². The minimum atomic E-state index is -0.838. The van der Waals surface area contributed by atoms with Crippen molar-refractivity contribution in [1.82, 2.24) is 4.90 Å². The van der Waals surface area contributed by atoms with Crippen molar-refractivity contribution in [2.45, 2.75) is 38.5 Å². The van der Waals surface area contributed by atoms with Crippen LogP contribution in [0.25, 0.3) is 0 Å². The Hall–Kier alpha value is -2.08. The number of hydrogen-bond donors (Lipinski definition) is 1. The van der Waals surface area contributed by atoms with E-state index in [0.29, 0.717) is 6.54 Å². The molecule has 0 bridgehead atoms. The standard InChI is InChI=1S/C16H21NO5/c1-3-22-16(20)8-13-14(18)9-15(19)17(13)10-11-4-6-12(21-2)7-5-11/h4-7,13-14,18H,3,8-10H2,1-2H3/t13-,14+/m1/s1. The summed E-state index contributed by atoms with van der Waals surface area (Å²) in [5.74, 6) is 0.179. The average molecular weight is 307 g/mol. The lowest BCUT2D eigenvalue weighted by molar-refractivity contribution is -0.145. The first-order valence-corrected chi connectivity index (χ1v) is 7.31. The molecule has 1 aromatic carbocycles. The molecular weight excluding hydrogens is 286 g/mol. The topological polar surface area (TPSA) is 76.1 Å². The van der Waals surface area contributed by atoms with Crippen LogP contribution in [0.2, 0.25) is 0 Å². The first kappa shape index (κ1) is 16.3. The minimum Gasteiger partial charge on any atom is -0.497 e. The maximum atomic E-state index is 12.1. The summed E-state index contributed by atoms with van der Waals surface area (Å²) in [4.78, 5) is 25.2. The summed E-state index contributed by atoms with van der Waals surface area (Å²) in [5, 5.41) is 10.0. The lowest BCUT2D eigenvalue weighted by Gasteiger charge is -2.25. The van der Waals surface area contributed by atoms with E-state index in [1.807, 2.05) is 24.3 Å². The Morgan fingerprint density at radius 3 is 2.64 bits per heavy atom. The van der Waals surface area contributed by atoms with Crippen LogP contribution >= 0.6 is 0 Å². The number of aliphatic hydroxyl groups excluding tert-OH is 1. The summed E-state index contributed by atoms with van der Waals surface area (Å²) in [6.45, 7) is 2.36. The van der Waals surface area contributed by atoms with Crippen molar-refractivity contribution in [2.75, 3.05) is 13.7 Å². The molecule has 0 aliphatic carbocycles. The predicted molar refractivity (Wildman–Crippen MR) is 79.2 cm³/mol. The fourth-order valence-electron chi connectivity index (χ4n) is 2.59. The molecule has 0 spiro atoms. The van der Waals surface area contributed by atoms with E-state index in [0.717, 1.165) is 11.3 Å². The van der Waals surface area contributed by atoms with Gasteiger partial charge in [-0.05, 0) is 24.6 Å². The highest BCUT2D eigenvalue weighted by Crippen LogP contribution is 2.25. The number of esters is 1. The highest BCUT2D eigenvalue weighted by atomic mass is 16.5. The van der Waals surface area contributed by atoms with Crippen LogP contribution in [-0.4, -0.2) is 47.7 Å². The summed E-state index contributed by atoms with van der Waals surface area (Å²) in [6.07, 6.45) is -0.785. The largest absolute Gasteiger partial charge is 0.497 e. The summed E-state index contributed by atoms with van der Waals surface area (Å²) in [6, 6.07) is 6.81. The Morgan fingerprint density at radius 1 is 1.36 bits per heavy atom. The van der Waals surface area contributed by atoms with Crippen LogP contribution in [0, 0.1) is 0 Å². The third kappa shape index (κ3) is 3.76. The third-order valence-corrected chi connectivity index (χ3v) is 3.74. The molecule has 1 N–H and O–H groups in total. The SMILES string of the molecule is CCOC(=O)C[C@@H]1[C@@H](O)CC(=O)N1Cc1ccc(OC)cc1. The van der Waals surface area contributed by atoms with E-state index in [1.165, 1.54) is 0 Å². The quantitative estimate of drug-likeness (QED) is 0.797. The zero-order valence-corrected chi connectivity index (χ0v) is 12.8. The maximum Gasteiger partial charge on any atom is 0.307 e. The number of rotatable bonds is 6. The molecule has 2 atom stereocenters. The normalized spacial score (nSPS) is 21.0. The number of aliphatic hydroxyl groups is 1. The van der Waals surface area contributed by atoms with Gasteiger partial charge in [0.1, 0.15) is 5.75 Å². The second-order valence-electron chi connectivity index (χ2n) is 5.22. The van der Waals surface area contributed by atoms with Gasteiger partial charge in [-0.25, -0.2) is 0 Å². The number of carbonyl (C=O) groups excluding carboxylic acids is 2. The smallest absolute Gasteiger partial charge is 0.307 e. The lowest BCUT2D eigenvalue weighted by Crippen LogP contribution is -2.38. The molecule has 1 aromatic rings. The van der Waals surface area contributed by atoms with E-state index in [4.69, 9.17) is 9.47 Å². The fourth-order valence-corrected chi connectivity index (χ4v) is 2.59. The number of carbonyl (C=O) groups is 2. The minimum absolute atomic E-state index is 0.0108. The molecule has 0 aromatic heterocycles. The first-order valence-electron chi connectivity index (χ1n) is 7.31. The van der Waals surface area contributed by atoms with Gasteiger partial charge in [-0.3, -0.25) is 9.59 Å². The van der Waals surface area contributed by atoms with E-state index in [9.17, 15) is 14.7 Å². The number of methoxy groups -OCH3 is 1. The van der Waals surface area contributed by atoms with Crippen LogP contribution in [-0.2, 0) is 20.9 Å². The molecule has 1 fully saturated rings. The van der Waals surface area contributed by atoms with Gasteiger partial charge >= 0.3 is 5.97 Å². The maximum absolute atomic E-state index is 12.1. The van der Waals surface area contributed by atoms with Crippen LogP contribution in [0.3, 0.4) is 0 Å². The van der Waals surface area contributed by atoms with Crippen molar-refractivity contribution in [3.8, 4) is 5.75 Å². The summed E-state index contributed by atoms with van der Waals surface area (Å²) < 4.78 is 10.0. The van der Waals surface area contributed by atoms with Crippen molar-refractivity contribution in [1.29, 1.82) is 0 Å². The van der Waals surface area contributed by atoms with E-state index in [2.05, 4.69) is 0 Å². The van der Waals surface area contributed by atoms with Gasteiger partial charge in [0.05, 0.1) is 38.7 Å². The number of benzene rings is 1. The number of ether oxygens (including phenoxy) is 2. The van der Waals surface area contributed by atoms with Crippen molar-refractivity contribution in [3.05, 3.63) is 29.8 Å². The average Bonchev–Trinajstić information content (AvgIpc) is 2.75. The summed E-state index contributed by atoms with van der Waals surface area (Å²) in [5.41, 5.74) is 0.914. The Labute approximate surface area is 129 Å². The van der Waals surface area contributed by atoms with Gasteiger partial charge in [-0.15, -0.1) is 0 Å². The van der Waals surface area contributed by atoms with Crippen LogP contribution in [0.5, 0.6) is 5.75 Å². The van der Waals surface area contributed by atoms with E-state index < -0.39 is 18.1 Å². The second-order valence-corrected chi connectivity index (χ2v) is 5.22.